The lowest BCUT2D eigenvalue weighted by molar-refractivity contribution is -0.119. The van der Waals surface area contributed by atoms with Crippen molar-refractivity contribution >= 4 is 5.91 Å². The Hall–Kier alpha value is -1.65. The van der Waals surface area contributed by atoms with Gasteiger partial charge in [0.25, 0.3) is 0 Å². The minimum atomic E-state index is -0.668. The number of hydrogen-bond acceptors (Lipinski definition) is 2. The van der Waals surface area contributed by atoms with E-state index in [2.05, 4.69) is 5.32 Å². The minimum Gasteiger partial charge on any atom is -0.497 e. The quantitative estimate of drug-likeness (QED) is 0.884. The summed E-state index contributed by atoms with van der Waals surface area (Å²) in [6.45, 7) is 4.28. The number of amides is 1. The summed E-state index contributed by atoms with van der Waals surface area (Å²) < 4.78 is 32.0. The van der Waals surface area contributed by atoms with Crippen LogP contribution in [0.3, 0.4) is 0 Å². The van der Waals surface area contributed by atoms with Gasteiger partial charge in [-0.3, -0.25) is 4.79 Å². The van der Waals surface area contributed by atoms with Gasteiger partial charge in [-0.2, -0.15) is 0 Å². The van der Waals surface area contributed by atoms with Crippen molar-refractivity contribution in [3.8, 4) is 5.75 Å². The first-order valence-corrected chi connectivity index (χ1v) is 5.91. The van der Waals surface area contributed by atoms with Crippen LogP contribution in [0.2, 0.25) is 0 Å². The van der Waals surface area contributed by atoms with Crippen LogP contribution in [0.25, 0.3) is 0 Å². The first kappa shape index (κ1) is 14.4. The zero-order chi connectivity index (χ0) is 13.7. The van der Waals surface area contributed by atoms with E-state index in [9.17, 15) is 13.6 Å². The second-order valence-electron chi connectivity index (χ2n) is 3.71. The maximum Gasteiger partial charge on any atom is 0.220 e. The van der Waals surface area contributed by atoms with Crippen LogP contribution in [0, 0.1) is 11.6 Å². The molecule has 5 heteroatoms. The van der Waals surface area contributed by atoms with Gasteiger partial charge >= 0.3 is 0 Å². The fraction of sp³-hybridized carbons (Fsp3) is 0.462. The van der Waals surface area contributed by atoms with Gasteiger partial charge in [0.15, 0.2) is 0 Å². The van der Waals surface area contributed by atoms with Crippen molar-refractivity contribution in [1.82, 2.24) is 5.32 Å². The molecule has 0 radical (unpaired) electrons. The second kappa shape index (κ2) is 6.33. The summed E-state index contributed by atoms with van der Waals surface area (Å²) >= 11 is 0. The van der Waals surface area contributed by atoms with Gasteiger partial charge in [0, 0.05) is 36.6 Å². The summed E-state index contributed by atoms with van der Waals surface area (Å²) in [7, 11) is 1.34. The van der Waals surface area contributed by atoms with E-state index in [-0.39, 0.29) is 30.2 Å². The molecule has 0 bridgehead atoms. The fourth-order valence-electron chi connectivity index (χ4n) is 1.88. The average molecular weight is 257 g/mol. The molecule has 1 aliphatic rings. The van der Waals surface area contributed by atoms with Crippen LogP contribution < -0.4 is 10.1 Å². The summed E-state index contributed by atoms with van der Waals surface area (Å²) in [4.78, 5) is 11.0. The topological polar surface area (TPSA) is 38.3 Å². The Morgan fingerprint density at radius 1 is 1.28 bits per heavy atom. The molecule has 1 aromatic carbocycles. The molecular weight excluding hydrogens is 240 g/mol. The number of rotatable bonds is 2. The smallest absolute Gasteiger partial charge is 0.220 e. The standard InChI is InChI=1S/C11H11F2NO2.C2H6/c1-16-7-3-8(12)11(9(13)4-7)6-2-10(15)14-5-6;1-2/h3-4,6H,2,5H2,1H3,(H,14,15);1-2H3. The molecule has 18 heavy (non-hydrogen) atoms. The number of benzene rings is 1. The number of ether oxygens (including phenoxy) is 1. The van der Waals surface area contributed by atoms with Gasteiger partial charge in [0.1, 0.15) is 17.4 Å². The van der Waals surface area contributed by atoms with Gasteiger partial charge in [-0.05, 0) is 0 Å². The number of nitrogens with one attached hydrogen (secondary N) is 1. The molecule has 0 aromatic heterocycles. The third-order valence-electron chi connectivity index (χ3n) is 2.67. The van der Waals surface area contributed by atoms with E-state index >= 15 is 0 Å². The lowest BCUT2D eigenvalue weighted by atomic mass is 9.97. The predicted molar refractivity (Wildman–Crippen MR) is 64.6 cm³/mol. The highest BCUT2D eigenvalue weighted by atomic mass is 19.1. The zero-order valence-electron chi connectivity index (χ0n) is 10.7. The molecule has 1 aliphatic heterocycles. The van der Waals surface area contributed by atoms with E-state index in [0.717, 1.165) is 12.1 Å². The number of carbonyl (C=O) groups excluding carboxylic acids is 1. The van der Waals surface area contributed by atoms with Crippen molar-refractivity contribution in [2.24, 2.45) is 0 Å². The van der Waals surface area contributed by atoms with Gasteiger partial charge in [0.05, 0.1) is 7.11 Å². The molecule has 1 amide bonds. The summed E-state index contributed by atoms with van der Waals surface area (Å²) in [6.07, 6.45) is 0.125. The zero-order valence-corrected chi connectivity index (χ0v) is 10.7. The van der Waals surface area contributed by atoms with E-state index in [1.165, 1.54) is 7.11 Å². The molecule has 0 saturated carbocycles. The highest BCUT2D eigenvalue weighted by molar-refractivity contribution is 5.79. The third kappa shape index (κ3) is 2.97. The Balaban J connectivity index is 0.000000771. The van der Waals surface area contributed by atoms with Crippen LogP contribution in [0.15, 0.2) is 12.1 Å². The number of methoxy groups -OCH3 is 1. The lowest BCUT2D eigenvalue weighted by Gasteiger charge is -2.11. The molecule has 1 atom stereocenters. The molecule has 1 heterocycles. The van der Waals surface area contributed by atoms with Crippen LogP contribution in [0.5, 0.6) is 5.75 Å². The van der Waals surface area contributed by atoms with Crippen LogP contribution in [0.1, 0.15) is 31.7 Å². The Morgan fingerprint density at radius 3 is 2.22 bits per heavy atom. The number of carbonyl (C=O) groups is 1. The fourth-order valence-corrected chi connectivity index (χ4v) is 1.88. The van der Waals surface area contributed by atoms with Crippen molar-refractivity contribution in [3.05, 3.63) is 29.3 Å². The van der Waals surface area contributed by atoms with Crippen molar-refractivity contribution in [1.29, 1.82) is 0 Å². The van der Waals surface area contributed by atoms with E-state index < -0.39 is 17.6 Å². The lowest BCUT2D eigenvalue weighted by Crippen LogP contribution is -2.14. The van der Waals surface area contributed by atoms with Crippen molar-refractivity contribution in [2.45, 2.75) is 26.2 Å². The van der Waals surface area contributed by atoms with E-state index in [1.54, 1.807) is 0 Å². The molecule has 3 nitrogen and oxygen atoms in total. The molecule has 1 unspecified atom stereocenters. The number of hydrogen-bond donors (Lipinski definition) is 1. The predicted octanol–water partition coefficient (Wildman–Crippen LogP) is 2.60. The van der Waals surface area contributed by atoms with E-state index in [4.69, 9.17) is 4.74 Å². The Bertz CT molecular complexity index is 412. The van der Waals surface area contributed by atoms with Gasteiger partial charge in [-0.1, -0.05) is 13.8 Å². The maximum atomic E-state index is 13.6. The van der Waals surface area contributed by atoms with Gasteiger partial charge in [-0.25, -0.2) is 8.78 Å². The second-order valence-corrected chi connectivity index (χ2v) is 3.71. The molecule has 1 saturated heterocycles. The minimum absolute atomic E-state index is 0.0425. The molecule has 1 aromatic rings. The van der Waals surface area contributed by atoms with Crippen molar-refractivity contribution < 1.29 is 18.3 Å². The van der Waals surface area contributed by atoms with E-state index in [1.807, 2.05) is 13.8 Å². The first-order chi connectivity index (χ1) is 8.61. The van der Waals surface area contributed by atoms with Gasteiger partial charge < -0.3 is 10.1 Å². The molecule has 100 valence electrons. The molecule has 2 rings (SSSR count). The Kier molecular flexibility index (Phi) is 5.07. The molecule has 0 spiro atoms. The molecular formula is C13H17F2NO2. The maximum absolute atomic E-state index is 13.6. The van der Waals surface area contributed by atoms with Gasteiger partial charge in [-0.15, -0.1) is 0 Å². The Morgan fingerprint density at radius 2 is 1.83 bits per heavy atom. The summed E-state index contributed by atoms with van der Waals surface area (Å²) in [5, 5.41) is 2.55. The highest BCUT2D eigenvalue weighted by Gasteiger charge is 2.28. The monoisotopic (exact) mass is 257 g/mol. The van der Waals surface area contributed by atoms with Crippen LogP contribution in [-0.2, 0) is 4.79 Å². The van der Waals surface area contributed by atoms with Crippen LogP contribution in [0.4, 0.5) is 8.78 Å². The van der Waals surface area contributed by atoms with Crippen LogP contribution in [-0.4, -0.2) is 19.6 Å². The van der Waals surface area contributed by atoms with E-state index in [0.29, 0.717) is 0 Å². The summed E-state index contributed by atoms with van der Waals surface area (Å²) in [6, 6.07) is 2.25. The number of halogens is 2. The summed E-state index contributed by atoms with van der Waals surface area (Å²) in [5.41, 5.74) is -0.0425. The Labute approximate surface area is 105 Å². The van der Waals surface area contributed by atoms with Gasteiger partial charge in [0.2, 0.25) is 5.91 Å². The molecule has 0 aliphatic carbocycles. The molecule has 1 N–H and O–H groups in total. The third-order valence-corrected chi connectivity index (χ3v) is 2.67. The normalized spacial score (nSPS) is 17.8. The largest absolute Gasteiger partial charge is 0.497 e. The summed E-state index contributed by atoms with van der Waals surface area (Å²) in [5.74, 6) is -1.81. The highest BCUT2D eigenvalue weighted by Crippen LogP contribution is 2.30. The van der Waals surface area contributed by atoms with Crippen molar-refractivity contribution in [3.63, 3.8) is 0 Å². The molecule has 1 fully saturated rings. The van der Waals surface area contributed by atoms with Crippen LogP contribution >= 0.6 is 0 Å². The average Bonchev–Trinajstić information content (AvgIpc) is 2.77. The SMILES string of the molecule is CC.COc1cc(F)c(C2CNC(=O)C2)c(F)c1. The first-order valence-electron chi connectivity index (χ1n) is 5.91. The van der Waals surface area contributed by atoms with Crippen molar-refractivity contribution in [2.75, 3.05) is 13.7 Å².